The van der Waals surface area contributed by atoms with Crippen LogP contribution in [0.3, 0.4) is 0 Å². The number of methoxy groups -OCH3 is 1. The zero-order valence-electron chi connectivity index (χ0n) is 9.57. The van der Waals surface area contributed by atoms with Gasteiger partial charge < -0.3 is 4.74 Å². The molecule has 1 aliphatic carbocycles. The van der Waals surface area contributed by atoms with Crippen LogP contribution in [0.25, 0.3) is 10.8 Å². The minimum absolute atomic E-state index is 0.411. The summed E-state index contributed by atoms with van der Waals surface area (Å²) >= 11 is 0. The van der Waals surface area contributed by atoms with E-state index in [9.17, 15) is 0 Å². The second-order valence-corrected chi connectivity index (χ2v) is 4.57. The van der Waals surface area contributed by atoms with Gasteiger partial charge in [0.25, 0.3) is 0 Å². The molecule has 0 aliphatic heterocycles. The van der Waals surface area contributed by atoms with Gasteiger partial charge in [0.1, 0.15) is 0 Å². The zero-order valence-corrected chi connectivity index (χ0v) is 9.57. The number of aryl methyl sites for hydroxylation is 1. The maximum absolute atomic E-state index is 5.46. The standard InChI is InChI=1S/C15H16O/c1-16-15-7-6-13-8-11-4-2-3-5-12(11)9-14(13)10-15/h2-5,8-9,15H,6-7,10H2,1H3. The molecule has 0 saturated heterocycles. The Labute approximate surface area is 96.0 Å². The van der Waals surface area contributed by atoms with Gasteiger partial charge in [0.15, 0.2) is 0 Å². The van der Waals surface area contributed by atoms with Crippen LogP contribution in [0.2, 0.25) is 0 Å². The average Bonchev–Trinajstić information content (AvgIpc) is 2.35. The lowest BCUT2D eigenvalue weighted by molar-refractivity contribution is 0.0912. The topological polar surface area (TPSA) is 9.23 Å². The third kappa shape index (κ3) is 1.61. The molecule has 1 heteroatoms. The summed E-state index contributed by atoms with van der Waals surface area (Å²) in [4.78, 5) is 0. The third-order valence-electron chi connectivity index (χ3n) is 3.58. The second kappa shape index (κ2) is 3.91. The highest BCUT2D eigenvalue weighted by atomic mass is 16.5. The van der Waals surface area contributed by atoms with Crippen LogP contribution >= 0.6 is 0 Å². The van der Waals surface area contributed by atoms with Gasteiger partial charge in [-0.15, -0.1) is 0 Å². The lowest BCUT2D eigenvalue weighted by atomic mass is 9.88. The molecule has 0 N–H and O–H groups in total. The predicted octanol–water partition coefficient (Wildman–Crippen LogP) is 3.34. The monoisotopic (exact) mass is 212 g/mol. The predicted molar refractivity (Wildman–Crippen MR) is 66.8 cm³/mol. The molecule has 1 atom stereocenters. The normalized spacial score (nSPS) is 19.7. The van der Waals surface area contributed by atoms with Crippen LogP contribution in [0.1, 0.15) is 17.5 Å². The van der Waals surface area contributed by atoms with Gasteiger partial charge >= 0.3 is 0 Å². The molecule has 0 bridgehead atoms. The van der Waals surface area contributed by atoms with Gasteiger partial charge in [-0.3, -0.25) is 0 Å². The molecule has 3 rings (SSSR count). The summed E-state index contributed by atoms with van der Waals surface area (Å²) in [5.74, 6) is 0. The fourth-order valence-electron chi connectivity index (χ4n) is 2.62. The summed E-state index contributed by atoms with van der Waals surface area (Å²) in [6, 6.07) is 13.3. The summed E-state index contributed by atoms with van der Waals surface area (Å²) in [6.45, 7) is 0. The Balaban J connectivity index is 2.10. The van der Waals surface area contributed by atoms with Crippen molar-refractivity contribution in [2.45, 2.75) is 25.4 Å². The molecular weight excluding hydrogens is 196 g/mol. The number of ether oxygens (including phenoxy) is 1. The summed E-state index contributed by atoms with van der Waals surface area (Å²) < 4.78 is 5.46. The van der Waals surface area contributed by atoms with Crippen LogP contribution in [0.4, 0.5) is 0 Å². The quantitative estimate of drug-likeness (QED) is 0.704. The first-order valence-corrected chi connectivity index (χ1v) is 5.90. The third-order valence-corrected chi connectivity index (χ3v) is 3.58. The molecule has 82 valence electrons. The van der Waals surface area contributed by atoms with Crippen molar-refractivity contribution < 1.29 is 4.74 Å². The van der Waals surface area contributed by atoms with Crippen molar-refractivity contribution in [1.29, 1.82) is 0 Å². The van der Waals surface area contributed by atoms with E-state index in [0.717, 1.165) is 19.3 Å². The molecule has 2 aromatic rings. The van der Waals surface area contributed by atoms with Crippen molar-refractivity contribution in [2.24, 2.45) is 0 Å². The van der Waals surface area contributed by atoms with Crippen molar-refractivity contribution in [3.05, 3.63) is 47.5 Å². The lowest BCUT2D eigenvalue weighted by Crippen LogP contribution is -2.20. The molecule has 1 unspecified atom stereocenters. The molecule has 0 heterocycles. The Hall–Kier alpha value is -1.34. The van der Waals surface area contributed by atoms with E-state index in [1.165, 1.54) is 21.9 Å². The van der Waals surface area contributed by atoms with E-state index in [-0.39, 0.29) is 0 Å². The van der Waals surface area contributed by atoms with Crippen molar-refractivity contribution in [3.63, 3.8) is 0 Å². The number of fused-ring (bicyclic) bond motifs is 2. The summed E-state index contributed by atoms with van der Waals surface area (Å²) in [5, 5.41) is 2.70. The number of benzene rings is 2. The first kappa shape index (κ1) is 9.86. The van der Waals surface area contributed by atoms with Crippen LogP contribution in [-0.4, -0.2) is 13.2 Å². The smallest absolute Gasteiger partial charge is 0.0614 e. The minimum Gasteiger partial charge on any atom is -0.381 e. The van der Waals surface area contributed by atoms with E-state index in [0.29, 0.717) is 6.10 Å². The Bertz CT molecular complexity index is 516. The highest BCUT2D eigenvalue weighted by molar-refractivity contribution is 5.84. The maximum atomic E-state index is 5.46. The highest BCUT2D eigenvalue weighted by Crippen LogP contribution is 2.27. The van der Waals surface area contributed by atoms with Gasteiger partial charge in [-0.05, 0) is 41.2 Å². The van der Waals surface area contributed by atoms with Crippen LogP contribution in [0.5, 0.6) is 0 Å². The summed E-state index contributed by atoms with van der Waals surface area (Å²) in [5.41, 5.74) is 2.98. The first-order chi connectivity index (χ1) is 7.86. The fraction of sp³-hybridized carbons (Fsp3) is 0.333. The largest absolute Gasteiger partial charge is 0.381 e. The Kier molecular flexibility index (Phi) is 2.41. The zero-order chi connectivity index (χ0) is 11.0. The van der Waals surface area contributed by atoms with Crippen LogP contribution in [0.15, 0.2) is 36.4 Å². The van der Waals surface area contributed by atoms with Crippen LogP contribution < -0.4 is 0 Å². The second-order valence-electron chi connectivity index (χ2n) is 4.57. The van der Waals surface area contributed by atoms with E-state index in [2.05, 4.69) is 36.4 Å². The number of hydrogen-bond donors (Lipinski definition) is 0. The van der Waals surface area contributed by atoms with E-state index in [1.807, 2.05) is 7.11 Å². The van der Waals surface area contributed by atoms with Crippen molar-refractivity contribution in [2.75, 3.05) is 7.11 Å². The van der Waals surface area contributed by atoms with E-state index in [1.54, 1.807) is 0 Å². The van der Waals surface area contributed by atoms with Gasteiger partial charge in [-0.25, -0.2) is 0 Å². The maximum Gasteiger partial charge on any atom is 0.0614 e. The van der Waals surface area contributed by atoms with Crippen molar-refractivity contribution in [3.8, 4) is 0 Å². The molecule has 0 fully saturated rings. The lowest BCUT2D eigenvalue weighted by Gasteiger charge is -2.23. The van der Waals surface area contributed by atoms with Gasteiger partial charge in [0, 0.05) is 7.11 Å². The molecule has 0 spiro atoms. The molecule has 0 radical (unpaired) electrons. The molecular formula is C15H16O. The molecule has 1 aliphatic rings. The van der Waals surface area contributed by atoms with Gasteiger partial charge in [0.05, 0.1) is 6.10 Å². The fourth-order valence-corrected chi connectivity index (χ4v) is 2.62. The Morgan fingerprint density at radius 2 is 1.75 bits per heavy atom. The molecule has 0 saturated carbocycles. The molecule has 0 amide bonds. The molecule has 16 heavy (non-hydrogen) atoms. The van der Waals surface area contributed by atoms with E-state index >= 15 is 0 Å². The van der Waals surface area contributed by atoms with Gasteiger partial charge in [-0.2, -0.15) is 0 Å². The number of hydrogen-bond acceptors (Lipinski definition) is 1. The summed E-state index contributed by atoms with van der Waals surface area (Å²) in [7, 11) is 1.82. The van der Waals surface area contributed by atoms with Crippen LogP contribution in [0, 0.1) is 0 Å². The van der Waals surface area contributed by atoms with Crippen molar-refractivity contribution in [1.82, 2.24) is 0 Å². The average molecular weight is 212 g/mol. The summed E-state index contributed by atoms with van der Waals surface area (Å²) in [6.07, 6.45) is 3.78. The van der Waals surface area contributed by atoms with Crippen LogP contribution in [-0.2, 0) is 17.6 Å². The SMILES string of the molecule is COC1CCc2cc3ccccc3cc2C1. The molecule has 0 aromatic heterocycles. The van der Waals surface area contributed by atoms with Gasteiger partial charge in [0.2, 0.25) is 0 Å². The Morgan fingerprint density at radius 1 is 1.06 bits per heavy atom. The van der Waals surface area contributed by atoms with E-state index < -0.39 is 0 Å². The highest BCUT2D eigenvalue weighted by Gasteiger charge is 2.18. The first-order valence-electron chi connectivity index (χ1n) is 5.90. The Morgan fingerprint density at radius 3 is 2.44 bits per heavy atom. The van der Waals surface area contributed by atoms with Gasteiger partial charge in [-0.1, -0.05) is 36.4 Å². The molecule has 2 aromatic carbocycles. The molecule has 1 nitrogen and oxygen atoms in total. The number of rotatable bonds is 1. The minimum atomic E-state index is 0.411. The van der Waals surface area contributed by atoms with E-state index in [4.69, 9.17) is 4.74 Å². The van der Waals surface area contributed by atoms with Crippen molar-refractivity contribution >= 4 is 10.8 Å².